The first-order valence-corrected chi connectivity index (χ1v) is 10.1. The smallest absolute Gasteiger partial charge is 0.263 e. The molecule has 1 aromatic heterocycles. The van der Waals surface area contributed by atoms with Crippen molar-refractivity contribution in [3.8, 4) is 0 Å². The van der Waals surface area contributed by atoms with Gasteiger partial charge < -0.3 is 11.1 Å². The lowest BCUT2D eigenvalue weighted by molar-refractivity contribution is -0.122. The summed E-state index contributed by atoms with van der Waals surface area (Å²) in [7, 11) is 0. The summed E-state index contributed by atoms with van der Waals surface area (Å²) in [6.45, 7) is 7.10. The van der Waals surface area contributed by atoms with E-state index >= 15 is 0 Å². The van der Waals surface area contributed by atoms with Crippen LogP contribution in [0, 0.1) is 0 Å². The molecule has 25 heavy (non-hydrogen) atoms. The molecule has 9 heteroatoms. The zero-order valence-electron chi connectivity index (χ0n) is 14.4. The lowest BCUT2D eigenvalue weighted by Crippen LogP contribution is -2.37. The molecule has 0 saturated carbocycles. The van der Waals surface area contributed by atoms with Crippen LogP contribution in [-0.4, -0.2) is 36.1 Å². The summed E-state index contributed by atoms with van der Waals surface area (Å²) in [5.41, 5.74) is 7.35. The molecule has 0 aliphatic carbocycles. The van der Waals surface area contributed by atoms with Gasteiger partial charge in [0.25, 0.3) is 5.91 Å². The van der Waals surface area contributed by atoms with Crippen LogP contribution in [0.2, 0.25) is 0 Å². The summed E-state index contributed by atoms with van der Waals surface area (Å²) in [6, 6.07) is 3.52. The number of fused-ring (bicyclic) bond motifs is 1. The topological polar surface area (TPSA) is 90.0 Å². The van der Waals surface area contributed by atoms with Gasteiger partial charge in [0, 0.05) is 16.0 Å². The molecule has 0 aliphatic heterocycles. The van der Waals surface area contributed by atoms with Crippen molar-refractivity contribution in [1.82, 2.24) is 15.1 Å². The van der Waals surface area contributed by atoms with Gasteiger partial charge in [-0.1, -0.05) is 31.9 Å². The van der Waals surface area contributed by atoms with E-state index in [9.17, 15) is 9.59 Å². The molecule has 6 nitrogen and oxygen atoms in total. The number of nitrogen functional groups attached to an aromatic ring is 1. The molecule has 0 radical (unpaired) electrons. The van der Waals surface area contributed by atoms with Crippen molar-refractivity contribution >= 4 is 72.0 Å². The van der Waals surface area contributed by atoms with Crippen molar-refractivity contribution in [3.05, 3.63) is 18.3 Å². The highest BCUT2D eigenvalue weighted by Crippen LogP contribution is 2.34. The second kappa shape index (κ2) is 7.28. The van der Waals surface area contributed by atoms with Crippen molar-refractivity contribution in [2.75, 3.05) is 11.6 Å². The number of anilines is 1. The molecule has 1 heterocycles. The molecule has 1 aromatic carbocycles. The predicted octanol–water partition coefficient (Wildman–Crippen LogP) is 3.77. The third-order valence-corrected chi connectivity index (χ3v) is 5.16. The first-order chi connectivity index (χ1) is 11.4. The maximum atomic E-state index is 12.5. The molecular weight excluding hydrogens is 472 g/mol. The van der Waals surface area contributed by atoms with E-state index in [1.807, 2.05) is 0 Å². The number of carbonyl (C=O) groups is 2. The van der Waals surface area contributed by atoms with Crippen LogP contribution in [0.4, 0.5) is 5.69 Å². The van der Waals surface area contributed by atoms with Crippen LogP contribution in [0.5, 0.6) is 0 Å². The predicted molar refractivity (Wildman–Crippen MR) is 110 cm³/mol. The van der Waals surface area contributed by atoms with Gasteiger partial charge in [-0.3, -0.25) is 9.59 Å². The maximum Gasteiger partial charge on any atom is 0.263 e. The number of aromatic nitrogens is 2. The Labute approximate surface area is 167 Å². The summed E-state index contributed by atoms with van der Waals surface area (Å²) in [6.07, 6.45) is 1.63. The van der Waals surface area contributed by atoms with E-state index in [1.165, 1.54) is 16.4 Å². The van der Waals surface area contributed by atoms with Gasteiger partial charge in [-0.25, -0.2) is 0 Å². The fourth-order valence-electron chi connectivity index (χ4n) is 2.05. The summed E-state index contributed by atoms with van der Waals surface area (Å²) < 4.78 is 0.00765. The minimum atomic E-state index is -0.726. The third-order valence-electron chi connectivity index (χ3n) is 3.42. The quantitative estimate of drug-likeness (QED) is 0.287. The lowest BCUT2D eigenvalue weighted by atomic mass is 10.2. The fourth-order valence-corrected chi connectivity index (χ4v) is 3.26. The first-order valence-electron chi connectivity index (χ1n) is 7.53. The van der Waals surface area contributed by atoms with Gasteiger partial charge in [-0.15, -0.1) is 11.8 Å². The van der Waals surface area contributed by atoms with Crippen LogP contribution < -0.4 is 11.1 Å². The average molecular weight is 492 g/mol. The standard InChI is InChI=1S/C16H20Br2N4O2S/c1-15(2,17)13(23)20-8-25-12-9-7-21-22(14(24)16(3,4)18)11(9)6-5-10(12)19/h5-7H,8,19H2,1-4H3,(H,20,23). The molecule has 1 amide bonds. The van der Waals surface area contributed by atoms with E-state index in [4.69, 9.17) is 5.73 Å². The highest BCUT2D eigenvalue weighted by molar-refractivity contribution is 9.10. The van der Waals surface area contributed by atoms with Crippen molar-refractivity contribution < 1.29 is 9.59 Å². The van der Waals surface area contributed by atoms with Crippen molar-refractivity contribution in [1.29, 1.82) is 0 Å². The van der Waals surface area contributed by atoms with Gasteiger partial charge >= 0.3 is 0 Å². The normalized spacial score (nSPS) is 12.4. The molecule has 0 aliphatic rings. The van der Waals surface area contributed by atoms with Gasteiger partial charge in [0.15, 0.2) is 0 Å². The largest absolute Gasteiger partial charge is 0.398 e. The molecule has 136 valence electrons. The lowest BCUT2D eigenvalue weighted by Gasteiger charge is -2.16. The van der Waals surface area contributed by atoms with E-state index in [2.05, 4.69) is 42.3 Å². The first kappa shape index (κ1) is 20.3. The molecular formula is C16H20Br2N4O2S. The number of hydrogen-bond acceptors (Lipinski definition) is 5. The van der Waals surface area contributed by atoms with Crippen LogP contribution in [0.25, 0.3) is 10.9 Å². The SMILES string of the molecule is CC(C)(Br)C(=O)NCSc1c(N)ccc2c1cnn2C(=O)C(C)(C)Br. The summed E-state index contributed by atoms with van der Waals surface area (Å²) in [5, 5.41) is 7.84. The number of benzene rings is 1. The second-order valence-corrected chi connectivity index (χ2v) is 11.5. The number of amides is 1. The Morgan fingerprint density at radius 1 is 1.24 bits per heavy atom. The Bertz CT molecular complexity index is 822. The number of nitrogens with one attached hydrogen (secondary N) is 1. The van der Waals surface area contributed by atoms with E-state index in [-0.39, 0.29) is 11.8 Å². The highest BCUT2D eigenvalue weighted by atomic mass is 79.9. The number of rotatable bonds is 5. The van der Waals surface area contributed by atoms with E-state index < -0.39 is 8.65 Å². The zero-order valence-corrected chi connectivity index (χ0v) is 18.4. The third kappa shape index (κ3) is 4.57. The number of hydrogen-bond donors (Lipinski definition) is 2. The minimum absolute atomic E-state index is 0.113. The molecule has 0 unspecified atom stereocenters. The van der Waals surface area contributed by atoms with Crippen molar-refractivity contribution in [2.24, 2.45) is 0 Å². The maximum absolute atomic E-state index is 12.5. The van der Waals surface area contributed by atoms with Crippen LogP contribution in [0.1, 0.15) is 32.5 Å². The number of nitrogens with two attached hydrogens (primary N) is 1. The van der Waals surface area contributed by atoms with Crippen LogP contribution >= 0.6 is 43.6 Å². The summed E-state index contributed by atoms with van der Waals surface area (Å²) in [5.74, 6) is 0.0791. The van der Waals surface area contributed by atoms with Gasteiger partial charge in [-0.05, 0) is 39.8 Å². The monoisotopic (exact) mass is 490 g/mol. The second-order valence-electron chi connectivity index (χ2n) is 6.52. The molecule has 0 atom stereocenters. The number of halogens is 2. The van der Waals surface area contributed by atoms with Crippen molar-refractivity contribution in [3.63, 3.8) is 0 Å². The van der Waals surface area contributed by atoms with Gasteiger partial charge in [0.05, 0.1) is 21.9 Å². The van der Waals surface area contributed by atoms with Crippen LogP contribution in [-0.2, 0) is 4.79 Å². The van der Waals surface area contributed by atoms with Gasteiger partial charge in [-0.2, -0.15) is 9.78 Å². The van der Waals surface area contributed by atoms with Gasteiger partial charge in [0.1, 0.15) is 4.32 Å². The van der Waals surface area contributed by atoms with Crippen LogP contribution in [0.15, 0.2) is 23.2 Å². The number of carbonyl (C=O) groups excluding carboxylic acids is 2. The molecule has 2 aromatic rings. The Balaban J connectivity index is 2.29. The molecule has 0 spiro atoms. The minimum Gasteiger partial charge on any atom is -0.398 e. The number of alkyl halides is 2. The Kier molecular flexibility index (Phi) is 5.90. The zero-order chi connectivity index (χ0) is 19.0. The molecule has 3 N–H and O–H groups in total. The summed E-state index contributed by atoms with van der Waals surface area (Å²) >= 11 is 8.09. The molecule has 0 saturated heterocycles. The Morgan fingerprint density at radius 3 is 2.44 bits per heavy atom. The Hall–Kier alpha value is -1.06. The molecule has 0 bridgehead atoms. The molecule has 2 rings (SSSR count). The van der Waals surface area contributed by atoms with E-state index in [1.54, 1.807) is 46.0 Å². The van der Waals surface area contributed by atoms with E-state index in [0.29, 0.717) is 17.1 Å². The Morgan fingerprint density at radius 2 is 1.88 bits per heavy atom. The summed E-state index contributed by atoms with van der Waals surface area (Å²) in [4.78, 5) is 25.2. The van der Waals surface area contributed by atoms with Crippen LogP contribution in [0.3, 0.4) is 0 Å². The fraction of sp³-hybridized carbons (Fsp3) is 0.438. The van der Waals surface area contributed by atoms with E-state index in [0.717, 1.165) is 10.3 Å². The number of thioether (sulfide) groups is 1. The van der Waals surface area contributed by atoms with Crippen molar-refractivity contribution in [2.45, 2.75) is 41.2 Å². The average Bonchev–Trinajstić information content (AvgIpc) is 2.90. The highest BCUT2D eigenvalue weighted by Gasteiger charge is 2.28. The van der Waals surface area contributed by atoms with Gasteiger partial charge in [0.2, 0.25) is 5.91 Å². The molecule has 0 fully saturated rings. The number of nitrogens with zero attached hydrogens (tertiary/aromatic N) is 2.